The lowest BCUT2D eigenvalue weighted by molar-refractivity contribution is -0.144. The van der Waals surface area contributed by atoms with Crippen LogP contribution >= 0.6 is 0 Å². The second-order valence-electron chi connectivity index (χ2n) is 8.35. The molecule has 3 rings (SSSR count). The molecular weight excluding hydrogens is 380 g/mol. The molecule has 0 saturated carbocycles. The first-order valence-corrected chi connectivity index (χ1v) is 10.9. The number of benzene rings is 1. The van der Waals surface area contributed by atoms with Crippen molar-refractivity contribution in [3.8, 4) is 6.07 Å². The molecular formula is C23H32N4O3. The van der Waals surface area contributed by atoms with Crippen molar-refractivity contribution in [2.24, 2.45) is 5.41 Å². The molecule has 2 heterocycles. The summed E-state index contributed by atoms with van der Waals surface area (Å²) in [5, 5.41) is 12.9. The largest absolute Gasteiger partial charge is 0.465 e. The summed E-state index contributed by atoms with van der Waals surface area (Å²) >= 11 is 0. The van der Waals surface area contributed by atoms with Crippen LogP contribution in [0.1, 0.15) is 38.2 Å². The maximum Gasteiger partial charge on any atom is 0.320 e. The fourth-order valence-corrected chi connectivity index (χ4v) is 4.34. The Balaban J connectivity index is 1.42. The standard InChI is InChI=1S/C23H32N4O3/c1-2-30-21(28)17-26-12-8-20(9-13-26)25-22(29)27-14-10-23(18-24,11-15-27)16-19-6-4-3-5-7-19/h3-7,20H,2,8-17H2,1H3,(H,25,29). The number of urea groups is 1. The minimum absolute atomic E-state index is 0.0370. The van der Waals surface area contributed by atoms with Gasteiger partial charge < -0.3 is 15.0 Å². The molecule has 1 N–H and O–H groups in total. The van der Waals surface area contributed by atoms with Gasteiger partial charge in [-0.25, -0.2) is 4.79 Å². The van der Waals surface area contributed by atoms with Gasteiger partial charge in [-0.1, -0.05) is 30.3 Å². The number of carbonyl (C=O) groups excluding carboxylic acids is 2. The van der Waals surface area contributed by atoms with Gasteiger partial charge in [0.2, 0.25) is 0 Å². The summed E-state index contributed by atoms with van der Waals surface area (Å²) in [5.41, 5.74) is 0.780. The van der Waals surface area contributed by atoms with E-state index < -0.39 is 5.41 Å². The molecule has 0 radical (unpaired) electrons. The van der Waals surface area contributed by atoms with Crippen molar-refractivity contribution >= 4 is 12.0 Å². The number of nitrogens with zero attached hydrogens (tertiary/aromatic N) is 3. The molecule has 0 unspecified atom stereocenters. The third-order valence-corrected chi connectivity index (χ3v) is 6.20. The fourth-order valence-electron chi connectivity index (χ4n) is 4.34. The zero-order valence-electron chi connectivity index (χ0n) is 17.8. The van der Waals surface area contributed by atoms with E-state index >= 15 is 0 Å². The molecule has 0 atom stereocenters. The lowest BCUT2D eigenvalue weighted by Gasteiger charge is -2.39. The van der Waals surface area contributed by atoms with E-state index in [1.54, 1.807) is 0 Å². The average Bonchev–Trinajstić information content (AvgIpc) is 2.76. The van der Waals surface area contributed by atoms with Gasteiger partial charge in [-0.2, -0.15) is 5.26 Å². The summed E-state index contributed by atoms with van der Waals surface area (Å²) in [6, 6.07) is 12.7. The molecule has 0 bridgehead atoms. The molecule has 0 aromatic heterocycles. The first-order chi connectivity index (χ1) is 14.5. The number of nitriles is 1. The molecule has 0 spiro atoms. The summed E-state index contributed by atoms with van der Waals surface area (Å²) in [6.07, 6.45) is 3.79. The Morgan fingerprint density at radius 2 is 1.83 bits per heavy atom. The highest BCUT2D eigenvalue weighted by molar-refractivity contribution is 5.74. The molecule has 1 aromatic carbocycles. The number of nitrogens with one attached hydrogen (secondary N) is 1. The molecule has 2 amide bonds. The number of likely N-dealkylation sites (tertiary alicyclic amines) is 2. The third-order valence-electron chi connectivity index (χ3n) is 6.20. The Kier molecular flexibility index (Phi) is 7.69. The quantitative estimate of drug-likeness (QED) is 0.726. The first-order valence-electron chi connectivity index (χ1n) is 10.9. The highest BCUT2D eigenvalue weighted by Crippen LogP contribution is 2.34. The Morgan fingerprint density at radius 3 is 2.43 bits per heavy atom. The van der Waals surface area contributed by atoms with Gasteiger partial charge in [0.15, 0.2) is 0 Å². The van der Waals surface area contributed by atoms with Gasteiger partial charge in [0.25, 0.3) is 0 Å². The fraction of sp³-hybridized carbons (Fsp3) is 0.609. The van der Waals surface area contributed by atoms with Crippen LogP contribution in [0.15, 0.2) is 30.3 Å². The van der Waals surface area contributed by atoms with Crippen molar-refractivity contribution in [2.75, 3.05) is 39.3 Å². The minimum atomic E-state index is -0.392. The summed E-state index contributed by atoms with van der Waals surface area (Å²) < 4.78 is 5.00. The van der Waals surface area contributed by atoms with Gasteiger partial charge in [0, 0.05) is 32.2 Å². The first kappa shape index (κ1) is 22.1. The van der Waals surface area contributed by atoms with E-state index in [2.05, 4.69) is 28.4 Å². The Morgan fingerprint density at radius 1 is 1.17 bits per heavy atom. The number of esters is 1. The van der Waals surface area contributed by atoms with Crippen LogP contribution in [0.5, 0.6) is 0 Å². The van der Waals surface area contributed by atoms with E-state index in [4.69, 9.17) is 4.74 Å². The zero-order valence-corrected chi connectivity index (χ0v) is 17.8. The summed E-state index contributed by atoms with van der Waals surface area (Å²) in [5.74, 6) is -0.190. The summed E-state index contributed by atoms with van der Waals surface area (Å²) in [6.45, 7) is 5.29. The smallest absolute Gasteiger partial charge is 0.320 e. The van der Waals surface area contributed by atoms with Gasteiger partial charge in [-0.3, -0.25) is 9.69 Å². The van der Waals surface area contributed by atoms with Crippen molar-refractivity contribution in [1.29, 1.82) is 5.26 Å². The number of piperidine rings is 2. The van der Waals surface area contributed by atoms with Gasteiger partial charge in [-0.15, -0.1) is 0 Å². The number of hydrogen-bond acceptors (Lipinski definition) is 5. The highest BCUT2D eigenvalue weighted by Gasteiger charge is 2.36. The lowest BCUT2D eigenvalue weighted by atomic mass is 9.75. The Bertz CT molecular complexity index is 745. The minimum Gasteiger partial charge on any atom is -0.465 e. The van der Waals surface area contributed by atoms with Crippen molar-refractivity contribution in [3.05, 3.63) is 35.9 Å². The van der Waals surface area contributed by atoms with Crippen LogP contribution in [0.2, 0.25) is 0 Å². The van der Waals surface area contributed by atoms with Crippen LogP contribution < -0.4 is 5.32 Å². The molecule has 2 fully saturated rings. The molecule has 7 nitrogen and oxygen atoms in total. The van der Waals surface area contributed by atoms with Crippen molar-refractivity contribution in [3.63, 3.8) is 0 Å². The molecule has 7 heteroatoms. The average molecular weight is 413 g/mol. The van der Waals surface area contributed by atoms with E-state index in [0.717, 1.165) is 32.4 Å². The normalized spacial score (nSPS) is 19.7. The predicted molar refractivity (Wildman–Crippen MR) is 114 cm³/mol. The lowest BCUT2D eigenvalue weighted by Crippen LogP contribution is -2.52. The zero-order chi connectivity index (χ0) is 21.4. The number of hydrogen-bond donors (Lipinski definition) is 1. The van der Waals surface area contributed by atoms with E-state index in [1.165, 1.54) is 5.56 Å². The van der Waals surface area contributed by atoms with Crippen LogP contribution in [0.25, 0.3) is 0 Å². The summed E-state index contributed by atoms with van der Waals surface area (Å²) in [7, 11) is 0. The molecule has 2 aliphatic rings. The van der Waals surface area contributed by atoms with Crippen LogP contribution in [0, 0.1) is 16.7 Å². The van der Waals surface area contributed by atoms with Gasteiger partial charge >= 0.3 is 12.0 Å². The van der Waals surface area contributed by atoms with Crippen LogP contribution in [0.4, 0.5) is 4.79 Å². The Hall–Kier alpha value is -2.59. The predicted octanol–water partition coefficient (Wildman–Crippen LogP) is 2.57. The number of ether oxygens (including phenoxy) is 1. The van der Waals surface area contributed by atoms with Gasteiger partial charge in [-0.05, 0) is 44.6 Å². The number of amides is 2. The highest BCUT2D eigenvalue weighted by atomic mass is 16.5. The van der Waals surface area contributed by atoms with E-state index in [9.17, 15) is 14.9 Å². The number of carbonyl (C=O) groups is 2. The van der Waals surface area contributed by atoms with Crippen molar-refractivity contribution in [1.82, 2.24) is 15.1 Å². The second kappa shape index (κ2) is 10.4. The second-order valence-corrected chi connectivity index (χ2v) is 8.35. The third kappa shape index (κ3) is 5.96. The van der Waals surface area contributed by atoms with Crippen LogP contribution in [-0.2, 0) is 16.0 Å². The summed E-state index contributed by atoms with van der Waals surface area (Å²) in [4.78, 5) is 28.2. The molecule has 1 aromatic rings. The van der Waals surface area contributed by atoms with E-state index in [1.807, 2.05) is 30.0 Å². The van der Waals surface area contributed by atoms with Crippen LogP contribution in [-0.4, -0.2) is 67.2 Å². The topological polar surface area (TPSA) is 85.7 Å². The molecule has 162 valence electrons. The van der Waals surface area contributed by atoms with Crippen molar-refractivity contribution < 1.29 is 14.3 Å². The van der Waals surface area contributed by atoms with Gasteiger partial charge in [0.1, 0.15) is 0 Å². The van der Waals surface area contributed by atoms with Crippen molar-refractivity contribution in [2.45, 2.75) is 45.1 Å². The number of rotatable bonds is 6. The molecule has 30 heavy (non-hydrogen) atoms. The van der Waals surface area contributed by atoms with Gasteiger partial charge in [0.05, 0.1) is 24.6 Å². The monoisotopic (exact) mass is 412 g/mol. The van der Waals surface area contributed by atoms with E-state index in [0.29, 0.717) is 39.1 Å². The SMILES string of the molecule is CCOC(=O)CN1CCC(NC(=O)N2CCC(C#N)(Cc3ccccc3)CC2)CC1. The maximum absolute atomic E-state index is 12.7. The Labute approximate surface area is 179 Å². The van der Waals surface area contributed by atoms with E-state index in [-0.39, 0.29) is 18.0 Å². The molecule has 2 aliphatic heterocycles. The molecule has 0 aliphatic carbocycles. The van der Waals surface area contributed by atoms with Crippen LogP contribution in [0.3, 0.4) is 0 Å². The maximum atomic E-state index is 12.7. The molecule has 2 saturated heterocycles.